The van der Waals surface area contributed by atoms with Crippen LogP contribution in [0.15, 0.2) is 11.6 Å². The van der Waals surface area contributed by atoms with E-state index in [4.69, 9.17) is 10.8 Å². The maximum Gasteiger partial charge on any atom is 0.324 e. The second kappa shape index (κ2) is 2.83. The quantitative estimate of drug-likeness (QED) is 0.654. The van der Waals surface area contributed by atoms with Crippen molar-refractivity contribution in [3.8, 4) is 0 Å². The number of carbonyl (C=O) groups is 1. The molecule has 0 radical (unpaired) electrons. The molecule has 0 aromatic rings. The molecular weight excluding hydrogens is 178 g/mol. The normalized spacial score (nSPS) is 35.5. The van der Waals surface area contributed by atoms with E-state index in [-0.39, 0.29) is 5.41 Å². The van der Waals surface area contributed by atoms with Gasteiger partial charge in [-0.2, -0.15) is 0 Å². The third-order valence-corrected chi connectivity index (χ3v) is 4.14. The Hall–Kier alpha value is -0.830. The fourth-order valence-electron chi connectivity index (χ4n) is 2.89. The van der Waals surface area contributed by atoms with Crippen LogP contribution in [-0.4, -0.2) is 17.1 Å². The van der Waals surface area contributed by atoms with Gasteiger partial charge >= 0.3 is 5.97 Å². The molecule has 3 aliphatic rings. The largest absolute Gasteiger partial charge is 0.480 e. The van der Waals surface area contributed by atoms with Crippen LogP contribution in [0, 0.1) is 17.3 Å². The zero-order chi connectivity index (χ0) is 10.5. The maximum atomic E-state index is 10.8. The summed E-state index contributed by atoms with van der Waals surface area (Å²) in [4.78, 5) is 10.8. The molecule has 3 unspecified atom stereocenters. The zero-order valence-corrected chi connectivity index (χ0v) is 8.66. The van der Waals surface area contributed by atoms with Gasteiger partial charge in [-0.25, -0.2) is 0 Å². The van der Waals surface area contributed by atoms with Crippen molar-refractivity contribution in [3.05, 3.63) is 11.6 Å². The van der Waals surface area contributed by atoms with Gasteiger partial charge in [-0.3, -0.25) is 4.79 Å². The van der Waals surface area contributed by atoms with Crippen molar-refractivity contribution in [1.29, 1.82) is 0 Å². The second-order valence-corrected chi connectivity index (χ2v) is 5.06. The number of hydrogen-bond acceptors (Lipinski definition) is 2. The standard InChI is InChI=1S/C11H17NO2/c1-11(2)6-3-4-7(8(11)5-6)9(12)10(13)14/h4,6,8-9H,3,5,12H2,1-2H3,(H,13,14). The van der Waals surface area contributed by atoms with Crippen LogP contribution < -0.4 is 5.73 Å². The van der Waals surface area contributed by atoms with E-state index in [1.807, 2.05) is 6.08 Å². The molecule has 0 spiro atoms. The second-order valence-electron chi connectivity index (χ2n) is 5.06. The molecule has 1 fully saturated rings. The molecule has 3 N–H and O–H groups in total. The van der Waals surface area contributed by atoms with E-state index in [1.54, 1.807) is 0 Å². The topological polar surface area (TPSA) is 63.3 Å². The zero-order valence-electron chi connectivity index (χ0n) is 8.66. The van der Waals surface area contributed by atoms with Crippen LogP contribution in [0.25, 0.3) is 0 Å². The van der Waals surface area contributed by atoms with E-state index in [9.17, 15) is 4.79 Å². The summed E-state index contributed by atoms with van der Waals surface area (Å²) in [5.74, 6) is 0.224. The summed E-state index contributed by atoms with van der Waals surface area (Å²) in [6.07, 6.45) is 4.17. The minimum absolute atomic E-state index is 0.261. The van der Waals surface area contributed by atoms with Crippen LogP contribution in [-0.2, 0) is 4.79 Å². The average molecular weight is 195 g/mol. The monoisotopic (exact) mass is 195 g/mol. The lowest BCUT2D eigenvalue weighted by Gasteiger charge is -2.57. The van der Waals surface area contributed by atoms with Crippen molar-refractivity contribution in [2.24, 2.45) is 23.0 Å². The van der Waals surface area contributed by atoms with Crippen LogP contribution in [0.2, 0.25) is 0 Å². The first-order valence-corrected chi connectivity index (χ1v) is 5.13. The Morgan fingerprint density at radius 1 is 1.71 bits per heavy atom. The van der Waals surface area contributed by atoms with Crippen molar-refractivity contribution >= 4 is 5.97 Å². The van der Waals surface area contributed by atoms with Crippen LogP contribution in [0.5, 0.6) is 0 Å². The Balaban J connectivity index is 2.22. The molecule has 3 rings (SSSR count). The summed E-state index contributed by atoms with van der Waals surface area (Å²) in [7, 11) is 0. The number of hydrogen-bond donors (Lipinski definition) is 2. The maximum absolute atomic E-state index is 10.8. The fourth-order valence-corrected chi connectivity index (χ4v) is 2.89. The van der Waals surface area contributed by atoms with Gasteiger partial charge in [0.25, 0.3) is 0 Å². The van der Waals surface area contributed by atoms with E-state index in [1.165, 1.54) is 0 Å². The summed E-state index contributed by atoms with van der Waals surface area (Å²) in [5, 5.41) is 8.87. The number of carboxylic acid groups (broad SMARTS) is 1. The van der Waals surface area contributed by atoms with Crippen LogP contribution in [0.4, 0.5) is 0 Å². The molecule has 78 valence electrons. The van der Waals surface area contributed by atoms with Crippen molar-refractivity contribution in [1.82, 2.24) is 0 Å². The highest BCUT2D eigenvalue weighted by Crippen LogP contribution is 2.59. The number of fused-ring (bicyclic) bond motifs is 1. The number of allylic oxidation sites excluding steroid dienone is 1. The minimum atomic E-state index is -0.905. The predicted molar refractivity (Wildman–Crippen MR) is 53.7 cm³/mol. The fraction of sp³-hybridized carbons (Fsp3) is 0.727. The molecule has 14 heavy (non-hydrogen) atoms. The molecule has 3 atom stereocenters. The Bertz CT molecular complexity index is 306. The smallest absolute Gasteiger partial charge is 0.324 e. The van der Waals surface area contributed by atoms with E-state index in [2.05, 4.69) is 13.8 Å². The van der Waals surface area contributed by atoms with E-state index < -0.39 is 12.0 Å². The molecule has 3 heteroatoms. The van der Waals surface area contributed by atoms with Crippen molar-refractivity contribution < 1.29 is 9.90 Å². The molecule has 0 heterocycles. The van der Waals surface area contributed by atoms with Gasteiger partial charge in [0.05, 0.1) is 0 Å². The first-order valence-electron chi connectivity index (χ1n) is 5.13. The average Bonchev–Trinajstić information content (AvgIpc) is 2.16. The highest BCUT2D eigenvalue weighted by molar-refractivity contribution is 5.77. The third-order valence-electron chi connectivity index (χ3n) is 4.14. The van der Waals surface area contributed by atoms with Crippen molar-refractivity contribution in [2.45, 2.75) is 32.7 Å². The first kappa shape index (κ1) is 9.71. The van der Waals surface area contributed by atoms with E-state index in [0.29, 0.717) is 5.92 Å². The van der Waals surface area contributed by atoms with Gasteiger partial charge < -0.3 is 10.8 Å². The summed E-state index contributed by atoms with van der Waals surface area (Å²) in [6.45, 7) is 4.43. The molecule has 1 saturated carbocycles. The summed E-state index contributed by atoms with van der Waals surface area (Å²) < 4.78 is 0. The highest BCUT2D eigenvalue weighted by atomic mass is 16.4. The Labute approximate surface area is 84.0 Å². The molecule has 0 aliphatic heterocycles. The number of nitrogens with two attached hydrogens (primary N) is 1. The molecule has 2 bridgehead atoms. The van der Waals surface area contributed by atoms with Gasteiger partial charge in [0.15, 0.2) is 0 Å². The van der Waals surface area contributed by atoms with E-state index in [0.717, 1.165) is 24.3 Å². The molecule has 0 aromatic heterocycles. The van der Waals surface area contributed by atoms with Crippen LogP contribution in [0.3, 0.4) is 0 Å². The lowest BCUT2D eigenvalue weighted by atomic mass is 9.48. The van der Waals surface area contributed by atoms with Gasteiger partial charge in [-0.1, -0.05) is 19.9 Å². The van der Waals surface area contributed by atoms with Gasteiger partial charge in [0.1, 0.15) is 6.04 Å². The summed E-state index contributed by atoms with van der Waals surface area (Å²) in [6, 6.07) is -0.791. The molecule has 0 saturated heterocycles. The third kappa shape index (κ3) is 1.12. The summed E-state index contributed by atoms with van der Waals surface area (Å²) >= 11 is 0. The molecule has 0 aromatic carbocycles. The van der Waals surface area contributed by atoms with Gasteiger partial charge in [0.2, 0.25) is 0 Å². The molecular formula is C11H17NO2. The first-order chi connectivity index (χ1) is 6.44. The van der Waals surface area contributed by atoms with Crippen LogP contribution in [0.1, 0.15) is 26.7 Å². The highest BCUT2D eigenvalue weighted by Gasteiger charge is 2.52. The lowest BCUT2D eigenvalue weighted by molar-refractivity contribution is -0.138. The Kier molecular flexibility index (Phi) is 1.96. The van der Waals surface area contributed by atoms with Gasteiger partial charge in [-0.15, -0.1) is 0 Å². The van der Waals surface area contributed by atoms with Gasteiger partial charge in [-0.05, 0) is 35.7 Å². The predicted octanol–water partition coefficient (Wildman–Crippen LogP) is 1.39. The molecule has 0 amide bonds. The van der Waals surface area contributed by atoms with Gasteiger partial charge in [0, 0.05) is 0 Å². The number of aliphatic carboxylic acids is 1. The minimum Gasteiger partial charge on any atom is -0.480 e. The van der Waals surface area contributed by atoms with E-state index >= 15 is 0 Å². The SMILES string of the molecule is CC1(C)C2CC=C(C(N)C(=O)O)C1C2. The number of carboxylic acids is 1. The Morgan fingerprint density at radius 3 is 2.79 bits per heavy atom. The van der Waals surface area contributed by atoms with Crippen molar-refractivity contribution in [3.63, 3.8) is 0 Å². The Morgan fingerprint density at radius 2 is 2.36 bits per heavy atom. The number of rotatable bonds is 2. The lowest BCUT2D eigenvalue weighted by Crippen LogP contribution is -2.52. The van der Waals surface area contributed by atoms with Crippen LogP contribution >= 0.6 is 0 Å². The molecule has 3 aliphatic carbocycles. The van der Waals surface area contributed by atoms with Crippen molar-refractivity contribution in [2.75, 3.05) is 0 Å². The summed E-state index contributed by atoms with van der Waals surface area (Å²) in [5.41, 5.74) is 6.87. The molecule has 3 nitrogen and oxygen atoms in total.